The minimum atomic E-state index is -0.0876. The summed E-state index contributed by atoms with van der Waals surface area (Å²) in [6.45, 7) is 0. The van der Waals surface area contributed by atoms with Crippen LogP contribution in [0.5, 0.6) is 0 Å². The average Bonchev–Trinajstić information content (AvgIpc) is 2.75. The number of aromatic amines is 1. The lowest BCUT2D eigenvalue weighted by Crippen LogP contribution is -2.32. The summed E-state index contributed by atoms with van der Waals surface area (Å²) in [6.07, 6.45) is 7.60. The molecule has 14 heavy (non-hydrogen) atoms. The minimum absolute atomic E-state index is 0.0876. The van der Waals surface area contributed by atoms with Gasteiger partial charge in [-0.1, -0.05) is 12.2 Å². The fraction of sp³-hybridized carbons (Fsp3) is 0.300. The summed E-state index contributed by atoms with van der Waals surface area (Å²) in [6, 6.07) is 1.88. The van der Waals surface area contributed by atoms with E-state index in [4.69, 9.17) is 5.73 Å². The zero-order valence-corrected chi connectivity index (χ0v) is 7.79. The Kier molecular flexibility index (Phi) is 2.26. The molecule has 0 aliphatic heterocycles. The Morgan fingerprint density at radius 1 is 1.50 bits per heavy atom. The Bertz CT molecular complexity index is 359. The van der Waals surface area contributed by atoms with Gasteiger partial charge in [-0.05, 0) is 18.9 Å². The fourth-order valence-corrected chi connectivity index (χ4v) is 1.54. The molecule has 0 aromatic carbocycles. The highest BCUT2D eigenvalue weighted by atomic mass is 16.1. The molecule has 4 nitrogen and oxygen atoms in total. The fourth-order valence-electron chi connectivity index (χ4n) is 1.54. The van der Waals surface area contributed by atoms with Crippen molar-refractivity contribution < 1.29 is 4.79 Å². The second kappa shape index (κ2) is 3.57. The molecular formula is C10H13N3O. The van der Waals surface area contributed by atoms with Crippen LogP contribution in [0.3, 0.4) is 0 Å². The normalized spacial score (nSPS) is 16.0. The largest absolute Gasteiger partial charge is 0.397 e. The Morgan fingerprint density at radius 3 is 2.79 bits per heavy atom. The van der Waals surface area contributed by atoms with E-state index in [2.05, 4.69) is 22.5 Å². The number of hydrogen-bond donors (Lipinski definition) is 3. The molecule has 1 aliphatic carbocycles. The van der Waals surface area contributed by atoms with Gasteiger partial charge in [-0.3, -0.25) is 4.79 Å². The van der Waals surface area contributed by atoms with E-state index < -0.39 is 0 Å². The Labute approximate surface area is 82.2 Å². The molecule has 0 atom stereocenters. The first-order valence-electron chi connectivity index (χ1n) is 4.65. The van der Waals surface area contributed by atoms with Gasteiger partial charge in [0.05, 0.1) is 0 Å². The number of aromatic nitrogens is 1. The van der Waals surface area contributed by atoms with Crippen molar-refractivity contribution in [1.82, 2.24) is 10.3 Å². The Hall–Kier alpha value is -1.71. The van der Waals surface area contributed by atoms with Crippen LogP contribution in [0, 0.1) is 0 Å². The summed E-state index contributed by atoms with van der Waals surface area (Å²) in [7, 11) is 0. The molecule has 1 aromatic rings. The summed E-state index contributed by atoms with van der Waals surface area (Å²) in [5, 5.41) is 2.92. The third-order valence-electron chi connectivity index (χ3n) is 2.29. The summed E-state index contributed by atoms with van der Waals surface area (Å²) in [5.74, 6) is -0.0876. The summed E-state index contributed by atoms with van der Waals surface area (Å²) in [4.78, 5) is 14.4. The number of rotatable bonds is 2. The minimum Gasteiger partial charge on any atom is -0.397 e. The third-order valence-corrected chi connectivity index (χ3v) is 2.29. The Morgan fingerprint density at radius 2 is 2.21 bits per heavy atom. The molecule has 1 heterocycles. The zero-order valence-electron chi connectivity index (χ0n) is 7.79. The second-order valence-corrected chi connectivity index (χ2v) is 3.46. The molecule has 0 radical (unpaired) electrons. The van der Waals surface area contributed by atoms with Gasteiger partial charge in [0.2, 0.25) is 0 Å². The highest BCUT2D eigenvalue weighted by molar-refractivity contribution is 5.93. The van der Waals surface area contributed by atoms with Gasteiger partial charge >= 0.3 is 0 Å². The SMILES string of the molecule is Nc1c[nH]c(C(=O)NC2CC=CC2)c1. The van der Waals surface area contributed by atoms with E-state index in [0.29, 0.717) is 11.4 Å². The van der Waals surface area contributed by atoms with Crippen molar-refractivity contribution in [3.8, 4) is 0 Å². The van der Waals surface area contributed by atoms with E-state index in [1.807, 2.05) is 0 Å². The van der Waals surface area contributed by atoms with E-state index in [1.54, 1.807) is 12.3 Å². The maximum absolute atomic E-state index is 11.6. The number of amides is 1. The van der Waals surface area contributed by atoms with Gasteiger partial charge in [0.1, 0.15) is 5.69 Å². The summed E-state index contributed by atoms with van der Waals surface area (Å²) in [5.41, 5.74) is 6.61. The predicted octanol–water partition coefficient (Wildman–Crippen LogP) is 1.05. The Balaban J connectivity index is 1.95. The number of anilines is 1. The smallest absolute Gasteiger partial charge is 0.268 e. The molecule has 4 heteroatoms. The lowest BCUT2D eigenvalue weighted by Gasteiger charge is -2.10. The molecule has 4 N–H and O–H groups in total. The molecule has 2 rings (SSSR count). The van der Waals surface area contributed by atoms with Crippen LogP contribution in [0.25, 0.3) is 0 Å². The number of carbonyl (C=O) groups is 1. The van der Waals surface area contributed by atoms with Crippen LogP contribution in [0.4, 0.5) is 5.69 Å². The number of nitrogen functional groups attached to an aromatic ring is 1. The highest BCUT2D eigenvalue weighted by Crippen LogP contribution is 2.11. The van der Waals surface area contributed by atoms with Gasteiger partial charge < -0.3 is 16.0 Å². The van der Waals surface area contributed by atoms with Gasteiger partial charge in [-0.25, -0.2) is 0 Å². The standard InChI is InChI=1S/C10H13N3O/c11-7-5-9(12-6-7)10(14)13-8-3-1-2-4-8/h1-2,5-6,8,12H,3-4,11H2,(H,13,14). The van der Waals surface area contributed by atoms with Gasteiger partial charge in [-0.2, -0.15) is 0 Å². The van der Waals surface area contributed by atoms with Crippen LogP contribution in [-0.2, 0) is 0 Å². The maximum Gasteiger partial charge on any atom is 0.268 e. The maximum atomic E-state index is 11.6. The average molecular weight is 191 g/mol. The molecule has 74 valence electrons. The lowest BCUT2D eigenvalue weighted by atomic mass is 10.2. The molecule has 0 spiro atoms. The third kappa shape index (κ3) is 1.79. The second-order valence-electron chi connectivity index (χ2n) is 3.46. The van der Waals surface area contributed by atoms with E-state index in [9.17, 15) is 4.79 Å². The molecular weight excluding hydrogens is 178 g/mol. The first kappa shape index (κ1) is 8.87. The number of nitrogens with two attached hydrogens (primary N) is 1. The van der Waals surface area contributed by atoms with Gasteiger partial charge in [-0.15, -0.1) is 0 Å². The van der Waals surface area contributed by atoms with Gasteiger partial charge in [0.25, 0.3) is 5.91 Å². The zero-order chi connectivity index (χ0) is 9.97. The van der Waals surface area contributed by atoms with Crippen LogP contribution in [0.2, 0.25) is 0 Å². The monoisotopic (exact) mass is 191 g/mol. The first-order valence-corrected chi connectivity index (χ1v) is 4.65. The molecule has 0 saturated carbocycles. The van der Waals surface area contributed by atoms with E-state index in [1.165, 1.54) is 0 Å². The predicted molar refractivity (Wildman–Crippen MR) is 54.8 cm³/mol. The van der Waals surface area contributed by atoms with E-state index in [-0.39, 0.29) is 11.9 Å². The number of H-pyrrole nitrogens is 1. The lowest BCUT2D eigenvalue weighted by molar-refractivity contribution is 0.0934. The molecule has 1 amide bonds. The van der Waals surface area contributed by atoms with Gasteiger partial charge in [0, 0.05) is 17.9 Å². The highest BCUT2D eigenvalue weighted by Gasteiger charge is 2.15. The summed E-state index contributed by atoms with van der Waals surface area (Å²) >= 11 is 0. The number of hydrogen-bond acceptors (Lipinski definition) is 2. The first-order chi connectivity index (χ1) is 6.75. The van der Waals surface area contributed by atoms with Crippen LogP contribution in [0.1, 0.15) is 23.3 Å². The van der Waals surface area contributed by atoms with E-state index in [0.717, 1.165) is 12.8 Å². The van der Waals surface area contributed by atoms with Crippen molar-refractivity contribution in [1.29, 1.82) is 0 Å². The van der Waals surface area contributed by atoms with Crippen LogP contribution >= 0.6 is 0 Å². The van der Waals surface area contributed by atoms with Crippen LogP contribution in [0.15, 0.2) is 24.4 Å². The van der Waals surface area contributed by atoms with Crippen molar-refractivity contribution in [3.05, 3.63) is 30.1 Å². The van der Waals surface area contributed by atoms with Crippen LogP contribution in [-0.4, -0.2) is 16.9 Å². The quantitative estimate of drug-likeness (QED) is 0.611. The molecule has 0 saturated heterocycles. The molecule has 0 fully saturated rings. The van der Waals surface area contributed by atoms with E-state index >= 15 is 0 Å². The molecule has 0 unspecified atom stereocenters. The van der Waals surface area contributed by atoms with Crippen molar-refractivity contribution >= 4 is 11.6 Å². The number of carbonyl (C=O) groups excluding carboxylic acids is 1. The van der Waals surface area contributed by atoms with Crippen molar-refractivity contribution in [2.24, 2.45) is 0 Å². The topological polar surface area (TPSA) is 70.9 Å². The van der Waals surface area contributed by atoms with Crippen molar-refractivity contribution in [2.45, 2.75) is 18.9 Å². The molecule has 1 aromatic heterocycles. The number of nitrogens with one attached hydrogen (secondary N) is 2. The van der Waals surface area contributed by atoms with Gasteiger partial charge in [0.15, 0.2) is 0 Å². The molecule has 1 aliphatic rings. The van der Waals surface area contributed by atoms with Crippen molar-refractivity contribution in [2.75, 3.05) is 5.73 Å². The summed E-state index contributed by atoms with van der Waals surface area (Å²) < 4.78 is 0. The van der Waals surface area contributed by atoms with Crippen molar-refractivity contribution in [3.63, 3.8) is 0 Å². The molecule has 0 bridgehead atoms. The van der Waals surface area contributed by atoms with Crippen LogP contribution < -0.4 is 11.1 Å².